The van der Waals surface area contributed by atoms with Crippen molar-refractivity contribution in [1.29, 1.82) is 0 Å². The zero-order valence-electron chi connectivity index (χ0n) is 15.6. The Kier molecular flexibility index (Phi) is 6.06. The molecule has 0 spiro atoms. The molecule has 7 heteroatoms. The van der Waals surface area contributed by atoms with E-state index in [4.69, 9.17) is 4.74 Å². The highest BCUT2D eigenvalue weighted by molar-refractivity contribution is 5.92. The van der Waals surface area contributed by atoms with Gasteiger partial charge in [-0.25, -0.2) is 9.18 Å². The Morgan fingerprint density at radius 2 is 1.72 bits per heavy atom. The normalized spacial score (nSPS) is 11.5. The van der Waals surface area contributed by atoms with Crippen LogP contribution >= 0.6 is 0 Å². The minimum atomic E-state index is -4.56. The van der Waals surface area contributed by atoms with Crippen LogP contribution in [0.4, 0.5) is 17.6 Å². The number of hydrogen-bond acceptors (Lipinski definition) is 3. The number of carbonyl (C=O) groups excluding carboxylic acids is 1. The molecule has 0 aromatic heterocycles. The summed E-state index contributed by atoms with van der Waals surface area (Å²) < 4.78 is 61.0. The summed E-state index contributed by atoms with van der Waals surface area (Å²) in [5, 5.41) is 0.429. The van der Waals surface area contributed by atoms with Crippen molar-refractivity contribution >= 4 is 16.7 Å². The van der Waals surface area contributed by atoms with Gasteiger partial charge in [0.2, 0.25) is 0 Å². The van der Waals surface area contributed by atoms with Gasteiger partial charge in [0.25, 0.3) is 0 Å². The Morgan fingerprint density at radius 1 is 1.00 bits per heavy atom. The van der Waals surface area contributed by atoms with Crippen LogP contribution in [0.2, 0.25) is 0 Å². The predicted octanol–water partition coefficient (Wildman–Crippen LogP) is 6.09. The number of carbonyl (C=O) groups is 1. The molecule has 0 amide bonds. The molecule has 3 nitrogen and oxygen atoms in total. The van der Waals surface area contributed by atoms with Crippen LogP contribution in [0.5, 0.6) is 11.5 Å². The molecule has 0 atom stereocenters. The van der Waals surface area contributed by atoms with E-state index in [1.165, 1.54) is 24.3 Å². The number of ether oxygens (including phenoxy) is 2. The van der Waals surface area contributed by atoms with Gasteiger partial charge in [-0.15, -0.1) is 0 Å². The summed E-state index contributed by atoms with van der Waals surface area (Å²) in [5.74, 6) is -1.76. The highest BCUT2D eigenvalue weighted by Gasteiger charge is 2.29. The monoisotopic (exact) mass is 406 g/mol. The Labute approximate surface area is 164 Å². The molecular formula is C22H18F4O3. The number of fused-ring (bicyclic) bond motifs is 1. The Morgan fingerprint density at radius 3 is 2.38 bits per heavy atom. The van der Waals surface area contributed by atoms with Crippen LogP contribution in [0, 0.1) is 5.82 Å². The molecule has 152 valence electrons. The lowest BCUT2D eigenvalue weighted by molar-refractivity contribution is -0.153. The molecule has 0 radical (unpaired) electrons. The lowest BCUT2D eigenvalue weighted by Gasteiger charge is -2.12. The van der Waals surface area contributed by atoms with Crippen molar-refractivity contribution in [3.05, 3.63) is 71.5 Å². The third-order valence-corrected chi connectivity index (χ3v) is 4.22. The van der Waals surface area contributed by atoms with Gasteiger partial charge in [0.05, 0.1) is 5.56 Å². The van der Waals surface area contributed by atoms with Crippen LogP contribution in [0.1, 0.15) is 29.3 Å². The van der Waals surface area contributed by atoms with E-state index in [1.807, 2.05) is 12.1 Å². The first-order valence-corrected chi connectivity index (χ1v) is 9.00. The summed E-state index contributed by atoms with van der Waals surface area (Å²) in [4.78, 5) is 12.3. The fourth-order valence-corrected chi connectivity index (χ4v) is 2.85. The molecule has 3 aromatic rings. The summed E-state index contributed by atoms with van der Waals surface area (Å²) in [6.45, 7) is 0.484. The molecular weight excluding hydrogens is 388 g/mol. The van der Waals surface area contributed by atoms with Crippen LogP contribution in [-0.2, 0) is 6.42 Å². The third-order valence-electron chi connectivity index (χ3n) is 4.22. The second-order valence-electron chi connectivity index (χ2n) is 6.50. The average Bonchev–Trinajstić information content (AvgIpc) is 2.67. The van der Waals surface area contributed by atoms with Crippen LogP contribution < -0.4 is 9.47 Å². The number of rotatable bonds is 6. The van der Waals surface area contributed by atoms with Crippen LogP contribution in [0.3, 0.4) is 0 Å². The molecule has 29 heavy (non-hydrogen) atoms. The maximum atomic E-state index is 14.4. The fourth-order valence-electron chi connectivity index (χ4n) is 2.85. The van der Waals surface area contributed by atoms with Crippen molar-refractivity contribution in [2.75, 3.05) is 6.61 Å². The predicted molar refractivity (Wildman–Crippen MR) is 101 cm³/mol. The van der Waals surface area contributed by atoms with Gasteiger partial charge in [0.15, 0.2) is 18.2 Å². The first kappa shape index (κ1) is 20.6. The van der Waals surface area contributed by atoms with E-state index in [0.29, 0.717) is 10.9 Å². The van der Waals surface area contributed by atoms with Crippen molar-refractivity contribution in [2.24, 2.45) is 0 Å². The van der Waals surface area contributed by atoms with E-state index in [2.05, 4.69) is 11.7 Å². The maximum Gasteiger partial charge on any atom is 0.422 e. The van der Waals surface area contributed by atoms with Crippen LogP contribution in [0.15, 0.2) is 54.6 Å². The van der Waals surface area contributed by atoms with Crippen molar-refractivity contribution in [3.63, 3.8) is 0 Å². The second kappa shape index (κ2) is 8.51. The second-order valence-corrected chi connectivity index (χ2v) is 6.50. The van der Waals surface area contributed by atoms with E-state index in [1.54, 1.807) is 12.1 Å². The molecule has 3 aromatic carbocycles. The summed E-state index contributed by atoms with van der Waals surface area (Å²) in [6.07, 6.45) is -2.64. The SMILES string of the molecule is CCCc1ccc(C(=O)Oc2ccc3c(F)c(OCC(F)(F)F)ccc3c2)cc1. The Balaban J connectivity index is 1.76. The smallest absolute Gasteiger partial charge is 0.422 e. The highest BCUT2D eigenvalue weighted by Crippen LogP contribution is 2.30. The molecule has 0 aliphatic heterocycles. The lowest BCUT2D eigenvalue weighted by atomic mass is 10.1. The highest BCUT2D eigenvalue weighted by atomic mass is 19.4. The first-order valence-electron chi connectivity index (χ1n) is 9.00. The van der Waals surface area contributed by atoms with E-state index >= 15 is 0 Å². The maximum absolute atomic E-state index is 14.4. The largest absolute Gasteiger partial charge is 0.481 e. The lowest BCUT2D eigenvalue weighted by Crippen LogP contribution is -2.19. The van der Waals surface area contributed by atoms with Crippen LogP contribution in [-0.4, -0.2) is 18.8 Å². The Bertz CT molecular complexity index is 1010. The van der Waals surface area contributed by atoms with E-state index < -0.39 is 30.3 Å². The van der Waals surface area contributed by atoms with Crippen molar-refractivity contribution in [2.45, 2.75) is 25.9 Å². The summed E-state index contributed by atoms with van der Waals surface area (Å²) in [5.41, 5.74) is 1.50. The number of aryl methyl sites for hydroxylation is 1. The van der Waals surface area contributed by atoms with Crippen molar-refractivity contribution < 1.29 is 31.8 Å². The Hall–Kier alpha value is -3.09. The van der Waals surface area contributed by atoms with Crippen molar-refractivity contribution in [3.8, 4) is 11.5 Å². The number of esters is 1. The van der Waals surface area contributed by atoms with Crippen LogP contribution in [0.25, 0.3) is 10.8 Å². The van der Waals surface area contributed by atoms with E-state index in [0.717, 1.165) is 24.5 Å². The molecule has 0 unspecified atom stereocenters. The molecule has 0 bridgehead atoms. The van der Waals surface area contributed by atoms with Gasteiger partial charge >= 0.3 is 12.1 Å². The van der Waals surface area contributed by atoms with Gasteiger partial charge in [-0.1, -0.05) is 31.5 Å². The first-order chi connectivity index (χ1) is 13.8. The standard InChI is InChI=1S/C22H18F4O3/c1-2-3-14-4-6-15(7-5-14)21(27)29-17-9-10-18-16(12-17)8-11-19(20(18)23)28-13-22(24,25)26/h4-12H,2-3,13H2,1H3. The summed E-state index contributed by atoms with van der Waals surface area (Å²) in [7, 11) is 0. The fraction of sp³-hybridized carbons (Fsp3) is 0.227. The number of benzene rings is 3. The van der Waals surface area contributed by atoms with Gasteiger partial charge in [0.1, 0.15) is 5.75 Å². The van der Waals surface area contributed by atoms with E-state index in [-0.39, 0.29) is 11.1 Å². The third kappa shape index (κ3) is 5.25. The molecule has 0 fully saturated rings. The number of alkyl halides is 3. The molecule has 0 heterocycles. The van der Waals surface area contributed by atoms with Crippen molar-refractivity contribution in [1.82, 2.24) is 0 Å². The molecule has 0 saturated carbocycles. The summed E-state index contributed by atoms with van der Waals surface area (Å²) >= 11 is 0. The molecule has 0 N–H and O–H groups in total. The zero-order valence-corrected chi connectivity index (χ0v) is 15.6. The van der Waals surface area contributed by atoms with Gasteiger partial charge in [-0.05, 0) is 53.8 Å². The number of halogens is 4. The average molecular weight is 406 g/mol. The molecule has 0 aliphatic carbocycles. The van der Waals surface area contributed by atoms with Gasteiger partial charge in [0, 0.05) is 5.39 Å². The molecule has 0 aliphatic rings. The van der Waals surface area contributed by atoms with E-state index in [9.17, 15) is 22.4 Å². The molecule has 3 rings (SSSR count). The number of hydrogen-bond donors (Lipinski definition) is 0. The quantitative estimate of drug-likeness (QED) is 0.282. The summed E-state index contributed by atoms with van der Waals surface area (Å²) in [6, 6.07) is 13.7. The topological polar surface area (TPSA) is 35.5 Å². The minimum Gasteiger partial charge on any atom is -0.481 e. The van der Waals surface area contributed by atoms with Gasteiger partial charge in [-0.2, -0.15) is 13.2 Å². The zero-order chi connectivity index (χ0) is 21.0. The van der Waals surface area contributed by atoms with Gasteiger partial charge in [-0.3, -0.25) is 0 Å². The minimum absolute atomic E-state index is 0.0633. The molecule has 0 saturated heterocycles. The van der Waals surface area contributed by atoms with Gasteiger partial charge < -0.3 is 9.47 Å².